The topological polar surface area (TPSA) is 21.3 Å². The van der Waals surface area contributed by atoms with Gasteiger partial charge >= 0.3 is 0 Å². The smallest absolute Gasteiger partial charge is 0.0691 e. The van der Waals surface area contributed by atoms with E-state index in [4.69, 9.17) is 16.3 Å². The van der Waals surface area contributed by atoms with Gasteiger partial charge in [-0.3, -0.25) is 0 Å². The normalized spacial score (nSPS) is 29.1. The molecule has 1 aliphatic carbocycles. The molecule has 1 fully saturated rings. The summed E-state index contributed by atoms with van der Waals surface area (Å²) < 4.78 is 5.65. The molecule has 3 rings (SSSR count). The molecule has 86 valence electrons. The maximum Gasteiger partial charge on any atom is 0.0691 e. The molecule has 1 saturated heterocycles. The number of ether oxygens (including phenoxy) is 1. The lowest BCUT2D eigenvalue weighted by molar-refractivity contribution is 0.0169. The molecule has 2 nitrogen and oxygen atoms in total. The van der Waals surface area contributed by atoms with Gasteiger partial charge in [-0.1, -0.05) is 17.7 Å². The van der Waals surface area contributed by atoms with Crippen molar-refractivity contribution in [2.45, 2.75) is 24.8 Å². The van der Waals surface area contributed by atoms with Crippen molar-refractivity contribution < 1.29 is 4.74 Å². The van der Waals surface area contributed by atoms with Gasteiger partial charge < -0.3 is 10.1 Å². The zero-order valence-corrected chi connectivity index (χ0v) is 10.0. The summed E-state index contributed by atoms with van der Waals surface area (Å²) in [6.45, 7) is 2.53. The molecule has 0 radical (unpaired) electrons. The van der Waals surface area contributed by atoms with Gasteiger partial charge in [0.25, 0.3) is 0 Å². The predicted octanol–water partition coefficient (Wildman–Crippen LogP) is 2.49. The van der Waals surface area contributed by atoms with Crippen LogP contribution in [0.5, 0.6) is 0 Å². The van der Waals surface area contributed by atoms with E-state index < -0.39 is 0 Å². The Morgan fingerprint density at radius 2 is 2.31 bits per heavy atom. The Bertz CT molecular complexity index is 399. The van der Waals surface area contributed by atoms with Crippen LogP contribution < -0.4 is 5.32 Å². The number of nitrogens with one attached hydrogen (secondary N) is 1. The summed E-state index contributed by atoms with van der Waals surface area (Å²) in [5, 5.41) is 4.46. The number of aryl methyl sites for hydroxylation is 1. The van der Waals surface area contributed by atoms with Crippen molar-refractivity contribution in [3.63, 3.8) is 0 Å². The largest absolute Gasteiger partial charge is 0.378 e. The highest BCUT2D eigenvalue weighted by Gasteiger charge is 2.38. The summed E-state index contributed by atoms with van der Waals surface area (Å²) in [5.41, 5.74) is 2.80. The number of halogens is 1. The van der Waals surface area contributed by atoms with Crippen molar-refractivity contribution in [3.8, 4) is 0 Å². The number of hydrogen-bond donors (Lipinski definition) is 1. The molecule has 2 aliphatic rings. The summed E-state index contributed by atoms with van der Waals surface area (Å²) >= 11 is 6.11. The highest BCUT2D eigenvalue weighted by Crippen LogP contribution is 2.37. The van der Waals surface area contributed by atoms with Crippen LogP contribution in [0, 0.1) is 0 Å². The number of hydrogen-bond acceptors (Lipinski definition) is 2. The van der Waals surface area contributed by atoms with E-state index in [2.05, 4.69) is 17.4 Å². The molecule has 0 bridgehead atoms. The van der Waals surface area contributed by atoms with Crippen molar-refractivity contribution in [3.05, 3.63) is 34.3 Å². The molecule has 1 aliphatic heterocycles. The second-order valence-corrected chi connectivity index (χ2v) is 5.15. The van der Waals surface area contributed by atoms with Gasteiger partial charge in [0, 0.05) is 11.6 Å². The molecule has 3 heteroatoms. The van der Waals surface area contributed by atoms with Crippen LogP contribution in [-0.4, -0.2) is 19.8 Å². The Balaban J connectivity index is 2.06. The van der Waals surface area contributed by atoms with Crippen LogP contribution in [0.25, 0.3) is 0 Å². The minimum Gasteiger partial charge on any atom is -0.378 e. The first-order chi connectivity index (χ1) is 7.80. The van der Waals surface area contributed by atoms with Crippen LogP contribution in [0.4, 0.5) is 0 Å². The van der Waals surface area contributed by atoms with Crippen molar-refractivity contribution in [1.29, 1.82) is 0 Å². The first kappa shape index (κ1) is 10.6. The third-order valence-corrected chi connectivity index (χ3v) is 3.93. The summed E-state index contributed by atoms with van der Waals surface area (Å²) in [5.74, 6) is 0. The molecule has 1 N–H and O–H groups in total. The minimum atomic E-state index is 0.0245. The molecular formula is C13H16ClNO. The van der Waals surface area contributed by atoms with E-state index in [-0.39, 0.29) is 5.54 Å². The Labute approximate surface area is 101 Å². The molecule has 1 aromatic carbocycles. The van der Waals surface area contributed by atoms with E-state index in [0.29, 0.717) is 0 Å². The quantitative estimate of drug-likeness (QED) is 0.749. The van der Waals surface area contributed by atoms with Crippen LogP contribution in [0.15, 0.2) is 18.2 Å². The number of benzene rings is 1. The third kappa shape index (κ3) is 1.65. The van der Waals surface area contributed by atoms with Gasteiger partial charge in [-0.15, -0.1) is 0 Å². The summed E-state index contributed by atoms with van der Waals surface area (Å²) in [6, 6.07) is 6.26. The molecule has 1 spiro atoms. The van der Waals surface area contributed by atoms with E-state index in [1.54, 1.807) is 0 Å². The first-order valence-electron chi connectivity index (χ1n) is 5.92. The number of fused-ring (bicyclic) bond motifs is 2. The van der Waals surface area contributed by atoms with Crippen molar-refractivity contribution in [2.24, 2.45) is 0 Å². The Kier molecular flexibility index (Phi) is 2.66. The lowest BCUT2D eigenvalue weighted by atomic mass is 9.76. The van der Waals surface area contributed by atoms with E-state index in [9.17, 15) is 0 Å². The van der Waals surface area contributed by atoms with E-state index in [1.165, 1.54) is 17.5 Å². The molecule has 0 unspecified atom stereocenters. The molecule has 0 aromatic heterocycles. The fourth-order valence-corrected chi connectivity index (χ4v) is 3.09. The SMILES string of the molecule is Clc1ccc2c(c1)[C@@]1(CCC2)COCCN1. The molecule has 1 heterocycles. The van der Waals surface area contributed by atoms with Gasteiger partial charge in [0.15, 0.2) is 0 Å². The van der Waals surface area contributed by atoms with Crippen LogP contribution in [0.2, 0.25) is 5.02 Å². The second-order valence-electron chi connectivity index (χ2n) is 4.72. The summed E-state index contributed by atoms with van der Waals surface area (Å²) in [6.07, 6.45) is 3.54. The fourth-order valence-electron chi connectivity index (χ4n) is 2.92. The monoisotopic (exact) mass is 237 g/mol. The predicted molar refractivity (Wildman–Crippen MR) is 64.9 cm³/mol. The van der Waals surface area contributed by atoms with Gasteiger partial charge in [0.2, 0.25) is 0 Å². The van der Waals surface area contributed by atoms with Gasteiger partial charge in [0.05, 0.1) is 18.8 Å². The van der Waals surface area contributed by atoms with Crippen molar-refractivity contribution in [2.75, 3.05) is 19.8 Å². The summed E-state index contributed by atoms with van der Waals surface area (Å²) in [7, 11) is 0. The first-order valence-corrected chi connectivity index (χ1v) is 6.30. The Hall–Kier alpha value is -0.570. The van der Waals surface area contributed by atoms with E-state index in [1.807, 2.05) is 6.07 Å². The Morgan fingerprint density at radius 3 is 3.12 bits per heavy atom. The van der Waals surface area contributed by atoms with Crippen LogP contribution in [0.1, 0.15) is 24.0 Å². The van der Waals surface area contributed by atoms with Gasteiger partial charge in [-0.25, -0.2) is 0 Å². The fraction of sp³-hybridized carbons (Fsp3) is 0.538. The van der Waals surface area contributed by atoms with Gasteiger partial charge in [0.1, 0.15) is 0 Å². The molecular weight excluding hydrogens is 222 g/mol. The minimum absolute atomic E-state index is 0.0245. The van der Waals surface area contributed by atoms with Crippen molar-refractivity contribution >= 4 is 11.6 Å². The van der Waals surface area contributed by atoms with E-state index in [0.717, 1.165) is 37.6 Å². The zero-order valence-electron chi connectivity index (χ0n) is 9.26. The van der Waals surface area contributed by atoms with Crippen molar-refractivity contribution in [1.82, 2.24) is 5.32 Å². The average molecular weight is 238 g/mol. The lowest BCUT2D eigenvalue weighted by Gasteiger charge is -2.42. The van der Waals surface area contributed by atoms with Gasteiger partial charge in [-0.2, -0.15) is 0 Å². The Morgan fingerprint density at radius 1 is 1.38 bits per heavy atom. The van der Waals surface area contributed by atoms with E-state index >= 15 is 0 Å². The lowest BCUT2D eigenvalue weighted by Crippen LogP contribution is -2.53. The zero-order chi connectivity index (χ0) is 11.0. The second kappa shape index (κ2) is 4.02. The van der Waals surface area contributed by atoms with Crippen LogP contribution in [0.3, 0.4) is 0 Å². The van der Waals surface area contributed by atoms with Gasteiger partial charge in [-0.05, 0) is 42.5 Å². The number of morpholine rings is 1. The molecule has 0 saturated carbocycles. The highest BCUT2D eigenvalue weighted by molar-refractivity contribution is 6.30. The standard InChI is InChI=1S/C13H16ClNO/c14-11-4-3-10-2-1-5-13(12(10)8-11)9-16-7-6-15-13/h3-4,8,15H,1-2,5-7,9H2/t13-/m1/s1. The maximum absolute atomic E-state index is 6.11. The molecule has 0 amide bonds. The van der Waals surface area contributed by atoms with Crippen LogP contribution >= 0.6 is 11.6 Å². The van der Waals surface area contributed by atoms with Crippen LogP contribution in [-0.2, 0) is 16.7 Å². The average Bonchev–Trinajstić information content (AvgIpc) is 2.32. The third-order valence-electron chi connectivity index (χ3n) is 3.70. The summed E-state index contributed by atoms with van der Waals surface area (Å²) in [4.78, 5) is 0. The molecule has 1 aromatic rings. The molecule has 16 heavy (non-hydrogen) atoms. The number of rotatable bonds is 0. The highest BCUT2D eigenvalue weighted by atomic mass is 35.5. The maximum atomic E-state index is 6.11. The molecule has 1 atom stereocenters.